The summed E-state index contributed by atoms with van der Waals surface area (Å²) in [7, 11) is -3.85. The van der Waals surface area contributed by atoms with Crippen LogP contribution < -0.4 is 14.8 Å². The van der Waals surface area contributed by atoms with Crippen molar-refractivity contribution in [2.75, 3.05) is 37.3 Å². The molecule has 13 heteroatoms. The lowest BCUT2D eigenvalue weighted by atomic mass is 9.75. The summed E-state index contributed by atoms with van der Waals surface area (Å²) in [5, 5.41) is 0.198. The van der Waals surface area contributed by atoms with E-state index in [-0.39, 0.29) is 22.2 Å². The molecule has 1 spiro atoms. The van der Waals surface area contributed by atoms with Gasteiger partial charge in [-0.15, -0.1) is 0 Å². The Kier molecular flexibility index (Phi) is 4.37. The highest BCUT2D eigenvalue weighted by atomic mass is 35.5. The third-order valence-electron chi connectivity index (χ3n) is 4.93. The minimum absolute atomic E-state index is 0.0234. The second-order valence-electron chi connectivity index (χ2n) is 7.10. The van der Waals surface area contributed by atoms with E-state index in [0.29, 0.717) is 25.3 Å². The molecular weight excluding hydrogens is 435 g/mol. The first kappa shape index (κ1) is 20.0. The molecule has 4 rings (SSSR count). The monoisotopic (exact) mass is 449 g/mol. The van der Waals surface area contributed by atoms with E-state index in [2.05, 4.69) is 19.1 Å². The smallest absolute Gasteiger partial charge is 0.376 e. The number of rotatable bonds is 3. The average Bonchev–Trinajstić information content (AvgIpc) is 2.90. The van der Waals surface area contributed by atoms with Gasteiger partial charge in [0.25, 0.3) is 0 Å². The number of likely N-dealkylation sites (tertiary alicyclic amines) is 1. The van der Waals surface area contributed by atoms with E-state index >= 15 is 0 Å². The lowest BCUT2D eigenvalue weighted by molar-refractivity contribution is -0.0500. The topological polar surface area (TPSA) is 102 Å². The number of aromatic nitrogens is 2. The van der Waals surface area contributed by atoms with Crippen LogP contribution in [0.1, 0.15) is 5.56 Å². The Morgan fingerprint density at radius 3 is 2.59 bits per heavy atom. The molecule has 0 saturated carbocycles. The van der Waals surface area contributed by atoms with Crippen LogP contribution in [0.4, 0.5) is 30.6 Å². The Morgan fingerprint density at radius 1 is 1.28 bits per heavy atom. The van der Waals surface area contributed by atoms with Crippen molar-refractivity contribution in [3.05, 3.63) is 35.0 Å². The van der Waals surface area contributed by atoms with Gasteiger partial charge < -0.3 is 19.7 Å². The summed E-state index contributed by atoms with van der Waals surface area (Å²) in [6.45, 7) is 1.85. The number of alkyl halides is 3. The first-order chi connectivity index (χ1) is 13.4. The van der Waals surface area contributed by atoms with Crippen LogP contribution in [0.5, 0.6) is 5.75 Å². The molecular formula is C16H15ClF3N5O3S. The van der Waals surface area contributed by atoms with Gasteiger partial charge in [-0.1, -0.05) is 17.7 Å². The van der Waals surface area contributed by atoms with Crippen molar-refractivity contribution < 1.29 is 25.8 Å². The summed E-state index contributed by atoms with van der Waals surface area (Å²) in [4.78, 5) is 11.7. The van der Waals surface area contributed by atoms with Gasteiger partial charge in [-0.3, -0.25) is 0 Å². The van der Waals surface area contributed by atoms with Gasteiger partial charge in [0.1, 0.15) is 10.8 Å². The van der Waals surface area contributed by atoms with Gasteiger partial charge >= 0.3 is 15.6 Å². The number of benzene rings is 1. The minimum Gasteiger partial charge on any atom is -0.376 e. The van der Waals surface area contributed by atoms with Crippen LogP contribution in [0.25, 0.3) is 0 Å². The Hall–Kier alpha value is -2.31. The van der Waals surface area contributed by atoms with Gasteiger partial charge in [0.05, 0.1) is 11.9 Å². The molecule has 1 aromatic carbocycles. The fraction of sp³-hybridized carbons (Fsp3) is 0.375. The predicted octanol–water partition coefficient (Wildman–Crippen LogP) is 2.28. The number of anilines is 3. The fourth-order valence-corrected chi connectivity index (χ4v) is 4.53. The molecule has 1 saturated heterocycles. The highest BCUT2D eigenvalue weighted by Crippen LogP contribution is 2.50. The Balaban J connectivity index is 1.80. The van der Waals surface area contributed by atoms with Gasteiger partial charge in [-0.25, -0.2) is 4.98 Å². The molecule has 2 aliphatic heterocycles. The Bertz CT molecular complexity index is 1090. The molecule has 0 atom stereocenters. The number of likely N-dealkylation sites (N-methyl/N-ethyl adjacent to an activating group) is 1. The maximum absolute atomic E-state index is 12.7. The highest BCUT2D eigenvalue weighted by Gasteiger charge is 2.52. The standard InChI is InChI=1S/C16H15ClF3N5O3S/c1-24-6-15(7-24)8-25(13-11(17)5-22-14(21)23-13)12-4-9(2-3-10(12)15)28-29(26,27)16(18,19)20/h2-5H,6-8H2,1H3,(H2,21,22,23). The fourth-order valence-electron chi connectivity index (χ4n) is 3.89. The van der Waals surface area contributed by atoms with Gasteiger partial charge in [0, 0.05) is 31.1 Å². The van der Waals surface area contributed by atoms with Crippen molar-refractivity contribution in [2.24, 2.45) is 0 Å². The van der Waals surface area contributed by atoms with E-state index in [0.717, 1.165) is 5.56 Å². The molecule has 29 heavy (non-hydrogen) atoms. The molecule has 8 nitrogen and oxygen atoms in total. The number of hydrogen-bond donors (Lipinski definition) is 1. The third-order valence-corrected chi connectivity index (χ3v) is 6.17. The number of fused-ring (bicyclic) bond motifs is 2. The van der Waals surface area contributed by atoms with Crippen LogP contribution in [0.2, 0.25) is 5.02 Å². The van der Waals surface area contributed by atoms with Gasteiger partial charge in [-0.05, 0) is 18.7 Å². The van der Waals surface area contributed by atoms with Crippen LogP contribution >= 0.6 is 11.6 Å². The lowest BCUT2D eigenvalue weighted by Gasteiger charge is -2.46. The van der Waals surface area contributed by atoms with Gasteiger partial charge in [0.15, 0.2) is 5.82 Å². The molecule has 0 unspecified atom stereocenters. The SMILES string of the molecule is CN1CC2(C1)CN(c1nc(N)ncc1Cl)c1cc(OS(=O)(=O)C(F)(F)F)ccc12. The second-order valence-corrected chi connectivity index (χ2v) is 9.05. The lowest BCUT2D eigenvalue weighted by Crippen LogP contribution is -2.59. The number of nitrogen functional groups attached to an aromatic ring is 1. The molecule has 0 bridgehead atoms. The molecule has 156 valence electrons. The molecule has 2 aromatic rings. The number of halogens is 4. The van der Waals surface area contributed by atoms with E-state index in [1.165, 1.54) is 18.3 Å². The van der Waals surface area contributed by atoms with Crippen molar-refractivity contribution in [3.8, 4) is 5.75 Å². The zero-order chi connectivity index (χ0) is 21.2. The molecule has 0 aliphatic carbocycles. The quantitative estimate of drug-likeness (QED) is 0.562. The van der Waals surface area contributed by atoms with Gasteiger partial charge in [-0.2, -0.15) is 26.6 Å². The zero-order valence-corrected chi connectivity index (χ0v) is 16.5. The normalized spacial score (nSPS) is 18.6. The summed E-state index contributed by atoms with van der Waals surface area (Å²) >= 11 is 6.22. The second kappa shape index (κ2) is 6.34. The maximum atomic E-state index is 12.7. The van der Waals surface area contributed by atoms with Crippen molar-refractivity contribution in [1.82, 2.24) is 14.9 Å². The predicted molar refractivity (Wildman–Crippen MR) is 99.7 cm³/mol. The third kappa shape index (κ3) is 3.24. The van der Waals surface area contributed by atoms with Crippen LogP contribution in [0.15, 0.2) is 24.4 Å². The van der Waals surface area contributed by atoms with Gasteiger partial charge in [0.2, 0.25) is 5.95 Å². The summed E-state index contributed by atoms with van der Waals surface area (Å²) in [5.41, 5.74) is 1.12. The van der Waals surface area contributed by atoms with Crippen molar-refractivity contribution in [1.29, 1.82) is 0 Å². The van der Waals surface area contributed by atoms with Crippen molar-refractivity contribution >= 4 is 39.2 Å². The van der Waals surface area contributed by atoms with Crippen LogP contribution in [-0.2, 0) is 15.5 Å². The summed E-state index contributed by atoms with van der Waals surface area (Å²) < 4.78 is 65.1. The Labute approximate surface area is 169 Å². The zero-order valence-electron chi connectivity index (χ0n) is 14.9. The number of nitrogens with zero attached hydrogens (tertiary/aromatic N) is 4. The molecule has 0 radical (unpaired) electrons. The molecule has 1 aromatic heterocycles. The van der Waals surface area contributed by atoms with E-state index in [4.69, 9.17) is 17.3 Å². The largest absolute Gasteiger partial charge is 0.534 e. The van der Waals surface area contributed by atoms with E-state index in [1.54, 1.807) is 11.0 Å². The molecule has 1 fully saturated rings. The first-order valence-electron chi connectivity index (χ1n) is 8.31. The van der Waals surface area contributed by atoms with E-state index in [9.17, 15) is 21.6 Å². The maximum Gasteiger partial charge on any atom is 0.534 e. The van der Waals surface area contributed by atoms with Crippen molar-refractivity contribution in [3.63, 3.8) is 0 Å². The van der Waals surface area contributed by atoms with Crippen LogP contribution in [0, 0.1) is 0 Å². The number of hydrogen-bond acceptors (Lipinski definition) is 8. The van der Waals surface area contributed by atoms with Crippen LogP contribution in [0.3, 0.4) is 0 Å². The minimum atomic E-state index is -5.79. The highest BCUT2D eigenvalue weighted by molar-refractivity contribution is 7.88. The van der Waals surface area contributed by atoms with E-state index < -0.39 is 21.4 Å². The molecule has 0 amide bonds. The van der Waals surface area contributed by atoms with E-state index in [1.807, 2.05) is 7.05 Å². The van der Waals surface area contributed by atoms with Crippen LogP contribution in [-0.4, -0.2) is 55.5 Å². The summed E-state index contributed by atoms with van der Waals surface area (Å²) in [6.07, 6.45) is 1.32. The Morgan fingerprint density at radius 2 is 1.97 bits per heavy atom. The molecule has 2 aliphatic rings. The number of nitrogens with two attached hydrogens (primary N) is 1. The summed E-state index contributed by atoms with van der Waals surface area (Å²) in [6, 6.07) is 4.02. The molecule has 3 heterocycles. The van der Waals surface area contributed by atoms with Crippen molar-refractivity contribution in [2.45, 2.75) is 10.9 Å². The molecule has 2 N–H and O–H groups in total. The summed E-state index contributed by atoms with van der Waals surface area (Å²) in [5.74, 6) is -0.207. The first-order valence-corrected chi connectivity index (χ1v) is 10.1. The average molecular weight is 450 g/mol.